The molecule has 0 aromatic heterocycles. The third-order valence-electron chi connectivity index (χ3n) is 3.63. The first-order valence-corrected chi connectivity index (χ1v) is 7.20. The molecule has 1 aliphatic heterocycles. The number of ether oxygens (including phenoxy) is 2. The van der Waals surface area contributed by atoms with Gasteiger partial charge in [0.15, 0.2) is 11.6 Å². The second-order valence-electron chi connectivity index (χ2n) is 6.60. The van der Waals surface area contributed by atoms with Crippen LogP contribution < -0.4 is 0 Å². The third-order valence-corrected chi connectivity index (χ3v) is 3.63. The molecule has 1 N–H and O–H groups in total. The zero-order chi connectivity index (χ0) is 14.7. The van der Waals surface area contributed by atoms with Crippen molar-refractivity contribution in [1.82, 2.24) is 0 Å². The predicted octanol–water partition coefficient (Wildman–Crippen LogP) is 2.67. The number of hydrogen-bond donors (Lipinski definition) is 1. The molecule has 1 unspecified atom stereocenters. The van der Waals surface area contributed by atoms with Gasteiger partial charge in [-0.15, -0.1) is 0 Å². The van der Waals surface area contributed by atoms with E-state index in [0.717, 1.165) is 6.42 Å². The van der Waals surface area contributed by atoms with Crippen molar-refractivity contribution in [3.63, 3.8) is 0 Å². The molecule has 1 aliphatic rings. The molecule has 1 heterocycles. The van der Waals surface area contributed by atoms with Gasteiger partial charge in [0, 0.05) is 11.8 Å². The lowest BCUT2D eigenvalue weighted by Gasteiger charge is -2.45. The van der Waals surface area contributed by atoms with Crippen LogP contribution in [0.4, 0.5) is 0 Å². The van der Waals surface area contributed by atoms with Crippen LogP contribution >= 0.6 is 0 Å². The molecule has 0 aromatic rings. The molecule has 4 heteroatoms. The average Bonchev–Trinajstić information content (AvgIpc) is 2.32. The maximum absolute atomic E-state index is 12.3. The highest BCUT2D eigenvalue weighted by atomic mass is 16.7. The van der Waals surface area contributed by atoms with Crippen LogP contribution in [0, 0.1) is 5.41 Å². The maximum Gasteiger partial charge on any atom is 0.163 e. The first-order valence-electron chi connectivity index (χ1n) is 7.20. The first-order chi connectivity index (χ1) is 8.68. The van der Waals surface area contributed by atoms with Gasteiger partial charge in [-0.3, -0.25) is 4.79 Å². The Hall–Kier alpha value is -0.450. The van der Waals surface area contributed by atoms with Gasteiger partial charge in [0.05, 0.1) is 12.7 Å². The first kappa shape index (κ1) is 16.6. The van der Waals surface area contributed by atoms with Crippen LogP contribution in [0.15, 0.2) is 0 Å². The Balaban J connectivity index is 2.53. The average molecular weight is 272 g/mol. The van der Waals surface area contributed by atoms with Crippen LogP contribution in [0.5, 0.6) is 0 Å². The van der Waals surface area contributed by atoms with E-state index >= 15 is 0 Å². The molecule has 0 aromatic carbocycles. The molecule has 1 rings (SSSR count). The summed E-state index contributed by atoms with van der Waals surface area (Å²) in [6.45, 7) is 10.1. The standard InChI is InChI=1S/C15H28O4/c1-6-11(16)8-7-9-12(17)13-14(2,3)10-18-15(4,5)19-13/h11,13,16H,6-10H2,1-5H3/t11?,13-/m0/s1. The molecule has 0 bridgehead atoms. The van der Waals surface area contributed by atoms with E-state index in [1.165, 1.54) is 0 Å². The fourth-order valence-electron chi connectivity index (χ4n) is 2.26. The zero-order valence-corrected chi connectivity index (χ0v) is 12.9. The summed E-state index contributed by atoms with van der Waals surface area (Å²) in [5.41, 5.74) is -0.296. The zero-order valence-electron chi connectivity index (χ0n) is 12.9. The lowest BCUT2D eigenvalue weighted by Crippen LogP contribution is -2.53. The highest BCUT2D eigenvalue weighted by molar-refractivity contribution is 5.84. The van der Waals surface area contributed by atoms with Crippen LogP contribution in [0.1, 0.15) is 60.3 Å². The van der Waals surface area contributed by atoms with Gasteiger partial charge in [-0.05, 0) is 33.1 Å². The highest BCUT2D eigenvalue weighted by Crippen LogP contribution is 2.35. The Morgan fingerprint density at radius 3 is 2.58 bits per heavy atom. The topological polar surface area (TPSA) is 55.8 Å². The van der Waals surface area contributed by atoms with Crippen LogP contribution in [-0.2, 0) is 14.3 Å². The molecule has 19 heavy (non-hydrogen) atoms. The molecule has 0 amide bonds. The summed E-state index contributed by atoms with van der Waals surface area (Å²) < 4.78 is 11.4. The second-order valence-corrected chi connectivity index (χ2v) is 6.60. The number of rotatable bonds is 6. The number of carbonyl (C=O) groups excluding carboxylic acids is 1. The normalized spacial score (nSPS) is 26.9. The Morgan fingerprint density at radius 1 is 1.37 bits per heavy atom. The van der Waals surface area contributed by atoms with Gasteiger partial charge in [-0.2, -0.15) is 0 Å². The Kier molecular flexibility index (Phi) is 5.53. The van der Waals surface area contributed by atoms with E-state index in [9.17, 15) is 9.90 Å². The largest absolute Gasteiger partial charge is 0.393 e. The van der Waals surface area contributed by atoms with Crippen molar-refractivity contribution in [2.45, 2.75) is 78.3 Å². The van der Waals surface area contributed by atoms with Gasteiger partial charge in [-0.1, -0.05) is 20.8 Å². The minimum atomic E-state index is -0.696. The van der Waals surface area contributed by atoms with Crippen molar-refractivity contribution in [2.75, 3.05) is 6.61 Å². The summed E-state index contributed by atoms with van der Waals surface area (Å²) in [7, 11) is 0. The molecular weight excluding hydrogens is 244 g/mol. The monoisotopic (exact) mass is 272 g/mol. The second kappa shape index (κ2) is 6.33. The van der Waals surface area contributed by atoms with Crippen molar-refractivity contribution in [3.8, 4) is 0 Å². The van der Waals surface area contributed by atoms with E-state index in [1.807, 2.05) is 34.6 Å². The Labute approximate surface area is 116 Å². The van der Waals surface area contributed by atoms with E-state index in [4.69, 9.17) is 9.47 Å². The summed E-state index contributed by atoms with van der Waals surface area (Å²) >= 11 is 0. The molecule has 112 valence electrons. The number of Topliss-reactive ketones (excluding diaryl/α,β-unsaturated/α-hetero) is 1. The Morgan fingerprint density at radius 2 is 2.00 bits per heavy atom. The number of aliphatic hydroxyl groups is 1. The van der Waals surface area contributed by atoms with E-state index in [-0.39, 0.29) is 17.3 Å². The van der Waals surface area contributed by atoms with E-state index in [2.05, 4.69) is 0 Å². The van der Waals surface area contributed by atoms with Gasteiger partial charge in [0.25, 0.3) is 0 Å². The molecule has 4 nitrogen and oxygen atoms in total. The number of aliphatic hydroxyl groups excluding tert-OH is 1. The van der Waals surface area contributed by atoms with Crippen molar-refractivity contribution >= 4 is 5.78 Å². The summed E-state index contributed by atoms with van der Waals surface area (Å²) in [5, 5.41) is 9.50. The third kappa shape index (κ3) is 4.86. The van der Waals surface area contributed by atoms with Gasteiger partial charge in [0.2, 0.25) is 0 Å². The molecule has 1 saturated heterocycles. The van der Waals surface area contributed by atoms with E-state index in [0.29, 0.717) is 25.9 Å². The number of carbonyl (C=O) groups is 1. The summed E-state index contributed by atoms with van der Waals surface area (Å²) in [5.74, 6) is -0.580. The molecule has 2 atom stereocenters. The van der Waals surface area contributed by atoms with E-state index < -0.39 is 11.9 Å². The minimum absolute atomic E-state index is 0.115. The summed E-state index contributed by atoms with van der Waals surface area (Å²) in [6, 6.07) is 0. The minimum Gasteiger partial charge on any atom is -0.393 e. The van der Waals surface area contributed by atoms with Crippen molar-refractivity contribution < 1.29 is 19.4 Å². The Bertz CT molecular complexity index is 309. The predicted molar refractivity (Wildman–Crippen MR) is 73.8 cm³/mol. The van der Waals surface area contributed by atoms with Gasteiger partial charge in [-0.25, -0.2) is 0 Å². The highest BCUT2D eigenvalue weighted by Gasteiger charge is 2.45. The van der Waals surface area contributed by atoms with Gasteiger partial charge < -0.3 is 14.6 Å². The molecule has 0 aliphatic carbocycles. The number of ketones is 1. The van der Waals surface area contributed by atoms with E-state index in [1.54, 1.807) is 0 Å². The lowest BCUT2D eigenvalue weighted by atomic mass is 9.82. The summed E-state index contributed by atoms with van der Waals surface area (Å²) in [6.07, 6.45) is 1.87. The molecule has 1 fully saturated rings. The van der Waals surface area contributed by atoms with Crippen molar-refractivity contribution in [3.05, 3.63) is 0 Å². The number of hydrogen-bond acceptors (Lipinski definition) is 4. The molecule has 0 radical (unpaired) electrons. The fourth-order valence-corrected chi connectivity index (χ4v) is 2.26. The van der Waals surface area contributed by atoms with Crippen LogP contribution in [0.3, 0.4) is 0 Å². The lowest BCUT2D eigenvalue weighted by molar-refractivity contribution is -0.303. The van der Waals surface area contributed by atoms with Crippen molar-refractivity contribution in [2.24, 2.45) is 5.41 Å². The van der Waals surface area contributed by atoms with Crippen molar-refractivity contribution in [1.29, 1.82) is 0 Å². The molecule has 0 saturated carbocycles. The van der Waals surface area contributed by atoms with Crippen LogP contribution in [-0.4, -0.2) is 35.5 Å². The molecule has 0 spiro atoms. The quantitative estimate of drug-likeness (QED) is 0.807. The maximum atomic E-state index is 12.3. The SMILES string of the molecule is CCC(O)CCCC(=O)[C@@H]1OC(C)(C)OCC1(C)C. The van der Waals surface area contributed by atoms with Gasteiger partial charge >= 0.3 is 0 Å². The van der Waals surface area contributed by atoms with Gasteiger partial charge in [0.1, 0.15) is 6.10 Å². The smallest absolute Gasteiger partial charge is 0.163 e. The van der Waals surface area contributed by atoms with Crippen LogP contribution in [0.2, 0.25) is 0 Å². The van der Waals surface area contributed by atoms with Crippen LogP contribution in [0.25, 0.3) is 0 Å². The fraction of sp³-hybridized carbons (Fsp3) is 0.933. The molecular formula is C15H28O4. The summed E-state index contributed by atoms with van der Waals surface area (Å²) in [4.78, 5) is 12.3.